The van der Waals surface area contributed by atoms with Crippen LogP contribution < -0.4 is 10.5 Å². The van der Waals surface area contributed by atoms with Gasteiger partial charge in [0.15, 0.2) is 0 Å². The van der Waals surface area contributed by atoms with Crippen LogP contribution in [0.1, 0.15) is 32.1 Å². The van der Waals surface area contributed by atoms with Crippen molar-refractivity contribution < 1.29 is 8.42 Å². The van der Waals surface area contributed by atoms with Crippen molar-refractivity contribution in [1.29, 1.82) is 0 Å². The predicted molar refractivity (Wildman–Crippen MR) is 106 cm³/mol. The Morgan fingerprint density at radius 1 is 1.15 bits per heavy atom. The first-order valence-electron chi connectivity index (χ1n) is 8.90. The Hall–Kier alpha value is -2.52. The summed E-state index contributed by atoms with van der Waals surface area (Å²) in [5, 5.41) is 7.81. The highest BCUT2D eigenvalue weighted by molar-refractivity contribution is 7.88. The number of sulfonamides is 1. The molecule has 0 atom stereocenters. The Morgan fingerprint density at radius 3 is 2.63 bits per heavy atom. The molecule has 3 heterocycles. The number of hydrogen-bond acceptors (Lipinski definition) is 6. The molecule has 27 heavy (non-hydrogen) atoms. The normalized spacial score (nSPS) is 15.2. The molecule has 1 aliphatic rings. The molecule has 1 fully saturated rings. The SMILES string of the molecule is CS(N)(=O)=O.c1ccn2c(-c3ccnc(NC4CCCCC4)n3)cnc2c1. The standard InChI is InChI=1S/C17H19N5.CH5NO2S/c1-2-6-13(7-3-1)20-17-18-10-9-14(21-17)15-12-19-16-8-4-5-11-22(15)16;1-5(2,3)4/h4-5,8-13H,1-3,6-7H2,(H,18,20,21);1H3,(H2,2,3,4). The Bertz CT molecular complexity index is 988. The van der Waals surface area contributed by atoms with Crippen LogP contribution in [0.5, 0.6) is 0 Å². The lowest BCUT2D eigenvalue weighted by molar-refractivity contribution is 0.461. The zero-order valence-electron chi connectivity index (χ0n) is 15.2. The third kappa shape index (κ3) is 5.73. The topological polar surface area (TPSA) is 115 Å². The molecule has 3 N–H and O–H groups in total. The number of pyridine rings is 1. The molecule has 0 aromatic carbocycles. The summed E-state index contributed by atoms with van der Waals surface area (Å²) >= 11 is 0. The van der Waals surface area contributed by atoms with Crippen LogP contribution in [0.3, 0.4) is 0 Å². The summed E-state index contributed by atoms with van der Waals surface area (Å²) in [5.74, 6) is 0.718. The van der Waals surface area contributed by atoms with E-state index < -0.39 is 10.0 Å². The fraction of sp³-hybridized carbons (Fsp3) is 0.389. The summed E-state index contributed by atoms with van der Waals surface area (Å²) < 4.78 is 20.9. The van der Waals surface area contributed by atoms with Crippen LogP contribution >= 0.6 is 0 Å². The van der Waals surface area contributed by atoms with Gasteiger partial charge in [0.05, 0.1) is 23.8 Å². The monoisotopic (exact) mass is 388 g/mol. The molecule has 0 radical (unpaired) electrons. The third-order valence-electron chi connectivity index (χ3n) is 4.27. The van der Waals surface area contributed by atoms with Gasteiger partial charge in [0.2, 0.25) is 16.0 Å². The van der Waals surface area contributed by atoms with Crippen LogP contribution in [-0.4, -0.2) is 40.1 Å². The number of nitrogens with zero attached hydrogens (tertiary/aromatic N) is 4. The van der Waals surface area contributed by atoms with E-state index in [1.165, 1.54) is 32.1 Å². The number of imidazole rings is 1. The molecule has 9 heteroatoms. The van der Waals surface area contributed by atoms with Crippen LogP contribution in [-0.2, 0) is 10.0 Å². The smallest absolute Gasteiger partial charge is 0.223 e. The van der Waals surface area contributed by atoms with Crippen molar-refractivity contribution in [3.8, 4) is 11.4 Å². The van der Waals surface area contributed by atoms with Gasteiger partial charge in [-0.3, -0.25) is 4.40 Å². The van der Waals surface area contributed by atoms with Gasteiger partial charge in [-0.25, -0.2) is 28.5 Å². The molecule has 4 rings (SSSR count). The van der Waals surface area contributed by atoms with Crippen molar-refractivity contribution >= 4 is 21.6 Å². The lowest BCUT2D eigenvalue weighted by Gasteiger charge is -2.22. The number of anilines is 1. The lowest BCUT2D eigenvalue weighted by atomic mass is 9.96. The fourth-order valence-corrected chi connectivity index (χ4v) is 3.12. The first-order valence-corrected chi connectivity index (χ1v) is 10.9. The van der Waals surface area contributed by atoms with Gasteiger partial charge in [0.1, 0.15) is 5.65 Å². The Balaban J connectivity index is 0.000000376. The summed E-state index contributed by atoms with van der Waals surface area (Å²) in [4.78, 5) is 13.5. The molecule has 1 saturated carbocycles. The Labute approximate surface area is 158 Å². The van der Waals surface area contributed by atoms with Crippen LogP contribution in [0.15, 0.2) is 42.9 Å². The van der Waals surface area contributed by atoms with E-state index in [-0.39, 0.29) is 0 Å². The maximum atomic E-state index is 9.41. The minimum absolute atomic E-state index is 0.506. The molecule has 0 amide bonds. The summed E-state index contributed by atoms with van der Waals surface area (Å²) in [5.41, 5.74) is 2.81. The number of aromatic nitrogens is 4. The van der Waals surface area contributed by atoms with Gasteiger partial charge in [-0.05, 0) is 31.0 Å². The zero-order valence-corrected chi connectivity index (χ0v) is 16.1. The largest absolute Gasteiger partial charge is 0.351 e. The molecule has 3 aromatic rings. The zero-order chi connectivity index (χ0) is 19.3. The highest BCUT2D eigenvalue weighted by Gasteiger charge is 2.15. The third-order valence-corrected chi connectivity index (χ3v) is 4.27. The van der Waals surface area contributed by atoms with Gasteiger partial charge in [0.25, 0.3) is 0 Å². The van der Waals surface area contributed by atoms with E-state index in [1.54, 1.807) is 0 Å². The summed E-state index contributed by atoms with van der Waals surface area (Å²) in [7, 11) is -3.17. The molecule has 0 unspecified atom stereocenters. The van der Waals surface area contributed by atoms with Crippen molar-refractivity contribution in [3.63, 3.8) is 0 Å². The van der Waals surface area contributed by atoms with E-state index in [1.807, 2.05) is 47.3 Å². The minimum atomic E-state index is -3.17. The summed E-state index contributed by atoms with van der Waals surface area (Å²) in [6.45, 7) is 0. The number of hydrogen-bond donors (Lipinski definition) is 2. The second kappa shape index (κ2) is 8.45. The van der Waals surface area contributed by atoms with Gasteiger partial charge in [-0.1, -0.05) is 25.3 Å². The van der Waals surface area contributed by atoms with Crippen molar-refractivity contribution in [3.05, 3.63) is 42.9 Å². The van der Waals surface area contributed by atoms with E-state index in [2.05, 4.69) is 25.4 Å². The maximum Gasteiger partial charge on any atom is 0.223 e. The molecule has 0 spiro atoms. The lowest BCUT2D eigenvalue weighted by Crippen LogP contribution is -2.23. The van der Waals surface area contributed by atoms with E-state index >= 15 is 0 Å². The summed E-state index contributed by atoms with van der Waals surface area (Å²) in [6, 6.07) is 8.42. The van der Waals surface area contributed by atoms with Crippen LogP contribution in [0.25, 0.3) is 17.0 Å². The molecule has 1 aliphatic carbocycles. The molecule has 0 bridgehead atoms. The van der Waals surface area contributed by atoms with Gasteiger partial charge < -0.3 is 5.32 Å². The van der Waals surface area contributed by atoms with Gasteiger partial charge in [-0.2, -0.15) is 0 Å². The number of fused-ring (bicyclic) bond motifs is 1. The molecular formula is C18H24N6O2S. The Kier molecular flexibility index (Phi) is 6.02. The molecule has 0 aliphatic heterocycles. The number of rotatable bonds is 3. The molecule has 0 saturated heterocycles. The first-order chi connectivity index (χ1) is 12.9. The van der Waals surface area contributed by atoms with Gasteiger partial charge in [-0.15, -0.1) is 0 Å². The maximum absolute atomic E-state index is 9.41. The predicted octanol–water partition coefficient (Wildman–Crippen LogP) is 2.44. The van der Waals surface area contributed by atoms with E-state index in [0.717, 1.165) is 29.2 Å². The Morgan fingerprint density at radius 2 is 1.89 bits per heavy atom. The van der Waals surface area contributed by atoms with Crippen molar-refractivity contribution in [1.82, 2.24) is 19.4 Å². The number of nitrogens with one attached hydrogen (secondary N) is 1. The fourth-order valence-electron chi connectivity index (χ4n) is 3.12. The number of primary sulfonamides is 1. The van der Waals surface area contributed by atoms with E-state index in [0.29, 0.717) is 6.04 Å². The first kappa shape index (κ1) is 19.2. The highest BCUT2D eigenvalue weighted by atomic mass is 32.2. The van der Waals surface area contributed by atoms with E-state index in [4.69, 9.17) is 0 Å². The summed E-state index contributed by atoms with van der Waals surface area (Å²) in [6.07, 6.45) is 13.0. The molecular weight excluding hydrogens is 364 g/mol. The second-order valence-corrected chi connectivity index (χ2v) is 8.31. The quantitative estimate of drug-likeness (QED) is 0.712. The minimum Gasteiger partial charge on any atom is -0.351 e. The van der Waals surface area contributed by atoms with Crippen LogP contribution in [0, 0.1) is 0 Å². The second-order valence-electron chi connectivity index (χ2n) is 6.65. The van der Waals surface area contributed by atoms with Crippen molar-refractivity contribution in [2.45, 2.75) is 38.1 Å². The molecule has 8 nitrogen and oxygen atoms in total. The number of nitrogens with two attached hydrogens (primary N) is 1. The van der Waals surface area contributed by atoms with Crippen molar-refractivity contribution in [2.24, 2.45) is 5.14 Å². The average Bonchev–Trinajstić information content (AvgIpc) is 3.06. The highest BCUT2D eigenvalue weighted by Crippen LogP contribution is 2.22. The molecule has 144 valence electrons. The average molecular weight is 388 g/mol. The van der Waals surface area contributed by atoms with Gasteiger partial charge >= 0.3 is 0 Å². The van der Waals surface area contributed by atoms with E-state index in [9.17, 15) is 8.42 Å². The molecule has 3 aromatic heterocycles. The van der Waals surface area contributed by atoms with Crippen LogP contribution in [0.2, 0.25) is 0 Å². The van der Waals surface area contributed by atoms with Crippen molar-refractivity contribution in [2.75, 3.05) is 11.6 Å². The van der Waals surface area contributed by atoms with Crippen LogP contribution in [0.4, 0.5) is 5.95 Å². The van der Waals surface area contributed by atoms with Gasteiger partial charge in [0, 0.05) is 18.4 Å².